The number of β-amino-alcohol motifs (C(OH)–C–C–N with tert-alkyl or cyclic N) is 1. The summed E-state index contributed by atoms with van der Waals surface area (Å²) in [5, 5.41) is 14.0. The average molecular weight is 307 g/mol. The summed E-state index contributed by atoms with van der Waals surface area (Å²) in [4.78, 5) is 4.23. The summed E-state index contributed by atoms with van der Waals surface area (Å²) in [5.41, 5.74) is 0.771. The number of aliphatic hydroxyl groups is 1. The molecule has 19 heavy (non-hydrogen) atoms. The third kappa shape index (κ3) is 4.94. The molecule has 1 aliphatic rings. The fourth-order valence-electron chi connectivity index (χ4n) is 2.11. The molecule has 0 bridgehead atoms. The van der Waals surface area contributed by atoms with Gasteiger partial charge >= 0.3 is 0 Å². The molecule has 1 fully saturated rings. The lowest BCUT2D eigenvalue weighted by Gasteiger charge is -2.29. The fraction of sp³-hybridized carbons (Fsp3) is 0.818. The second-order valence-corrected chi connectivity index (χ2v) is 6.11. The maximum atomic E-state index is 10.1. The number of ether oxygens (including phenoxy) is 1. The number of likely N-dealkylation sites (N-methyl/N-ethyl adjacent to an activating group) is 1. The van der Waals surface area contributed by atoms with Crippen molar-refractivity contribution in [2.75, 3.05) is 46.4 Å². The Kier molecular flexibility index (Phi) is 5.93. The topological polar surface area (TPSA) is 61.7 Å². The van der Waals surface area contributed by atoms with Gasteiger partial charge in [-0.15, -0.1) is 5.10 Å². The smallest absolute Gasteiger partial charge is 0.138 e. The van der Waals surface area contributed by atoms with Gasteiger partial charge in [0.15, 0.2) is 0 Å². The summed E-state index contributed by atoms with van der Waals surface area (Å²) < 4.78 is 9.70. The van der Waals surface area contributed by atoms with Gasteiger partial charge in [-0.25, -0.2) is 0 Å². The van der Waals surface area contributed by atoms with Gasteiger partial charge in [0.1, 0.15) is 10.0 Å². The molecular formula is C11H19ClN4O2S. The molecule has 8 heteroatoms. The summed E-state index contributed by atoms with van der Waals surface area (Å²) in [5.74, 6) is 0. The minimum Gasteiger partial charge on any atom is -0.390 e. The van der Waals surface area contributed by atoms with Crippen LogP contribution in [0.4, 0.5) is 0 Å². The molecule has 0 aromatic carbocycles. The molecule has 108 valence electrons. The first-order valence-corrected chi connectivity index (χ1v) is 7.43. The minimum atomic E-state index is -0.381. The Labute approximate surface area is 122 Å². The average Bonchev–Trinajstić information content (AvgIpc) is 2.76. The monoisotopic (exact) mass is 306 g/mol. The molecule has 1 unspecified atom stereocenters. The molecule has 2 rings (SSSR count). The van der Waals surface area contributed by atoms with E-state index in [-0.39, 0.29) is 6.10 Å². The fourth-order valence-corrected chi connectivity index (χ4v) is 2.72. The van der Waals surface area contributed by atoms with Crippen LogP contribution in [-0.2, 0) is 11.3 Å². The summed E-state index contributed by atoms with van der Waals surface area (Å²) in [7, 11) is 1.94. The highest BCUT2D eigenvalue weighted by Gasteiger charge is 2.17. The SMILES string of the molecule is CN(Cc1nnsc1Cl)CC(O)CN1CCOCC1. The lowest BCUT2D eigenvalue weighted by molar-refractivity contribution is 0.00819. The van der Waals surface area contributed by atoms with Crippen molar-refractivity contribution in [3.8, 4) is 0 Å². The van der Waals surface area contributed by atoms with E-state index in [2.05, 4.69) is 14.5 Å². The van der Waals surface area contributed by atoms with E-state index in [0.29, 0.717) is 24.0 Å². The van der Waals surface area contributed by atoms with Gasteiger partial charge in [-0.2, -0.15) is 0 Å². The minimum absolute atomic E-state index is 0.381. The second-order valence-electron chi connectivity index (χ2n) is 4.76. The van der Waals surface area contributed by atoms with Crippen LogP contribution in [0.3, 0.4) is 0 Å². The first-order chi connectivity index (χ1) is 9.15. The van der Waals surface area contributed by atoms with Gasteiger partial charge in [0, 0.05) is 44.3 Å². The van der Waals surface area contributed by atoms with Crippen LogP contribution in [0.1, 0.15) is 5.69 Å². The van der Waals surface area contributed by atoms with Crippen LogP contribution in [0.15, 0.2) is 0 Å². The van der Waals surface area contributed by atoms with Gasteiger partial charge in [0.05, 0.1) is 19.3 Å². The van der Waals surface area contributed by atoms with Crippen LogP contribution >= 0.6 is 23.1 Å². The molecule has 2 heterocycles. The Morgan fingerprint density at radius 2 is 2.26 bits per heavy atom. The highest BCUT2D eigenvalue weighted by molar-refractivity contribution is 7.10. The molecule has 1 N–H and O–H groups in total. The molecule has 1 aromatic rings. The van der Waals surface area contributed by atoms with E-state index in [1.807, 2.05) is 11.9 Å². The number of aromatic nitrogens is 2. The number of rotatable bonds is 6. The highest BCUT2D eigenvalue weighted by Crippen LogP contribution is 2.18. The van der Waals surface area contributed by atoms with E-state index >= 15 is 0 Å². The van der Waals surface area contributed by atoms with Crippen molar-refractivity contribution in [3.05, 3.63) is 10.0 Å². The zero-order valence-electron chi connectivity index (χ0n) is 11.0. The number of morpholine rings is 1. The number of nitrogens with zero attached hydrogens (tertiary/aromatic N) is 4. The van der Waals surface area contributed by atoms with Gasteiger partial charge in [0.25, 0.3) is 0 Å². The lowest BCUT2D eigenvalue weighted by Crippen LogP contribution is -2.44. The molecule has 0 radical (unpaired) electrons. The molecule has 1 saturated heterocycles. The van der Waals surface area contributed by atoms with Gasteiger partial charge in [-0.1, -0.05) is 16.1 Å². The van der Waals surface area contributed by atoms with Crippen LogP contribution < -0.4 is 0 Å². The molecule has 1 aromatic heterocycles. The summed E-state index contributed by atoms with van der Waals surface area (Å²) in [6.45, 7) is 5.16. The van der Waals surface area contributed by atoms with Crippen molar-refractivity contribution in [1.29, 1.82) is 0 Å². The van der Waals surface area contributed by atoms with Gasteiger partial charge < -0.3 is 9.84 Å². The molecule has 0 aliphatic carbocycles. The summed E-state index contributed by atoms with van der Waals surface area (Å²) in [6.07, 6.45) is -0.381. The van der Waals surface area contributed by atoms with Crippen LogP contribution in [0.25, 0.3) is 0 Å². The number of hydrogen-bond acceptors (Lipinski definition) is 7. The van der Waals surface area contributed by atoms with E-state index in [9.17, 15) is 5.11 Å². The van der Waals surface area contributed by atoms with Crippen LogP contribution in [0.5, 0.6) is 0 Å². The van der Waals surface area contributed by atoms with Crippen LogP contribution in [0.2, 0.25) is 4.34 Å². The van der Waals surface area contributed by atoms with Gasteiger partial charge in [0.2, 0.25) is 0 Å². The second kappa shape index (κ2) is 7.47. The van der Waals surface area contributed by atoms with Crippen molar-refractivity contribution < 1.29 is 9.84 Å². The molecule has 0 spiro atoms. The number of hydrogen-bond donors (Lipinski definition) is 1. The maximum Gasteiger partial charge on any atom is 0.138 e. The number of halogens is 1. The van der Waals surface area contributed by atoms with E-state index in [1.165, 1.54) is 11.5 Å². The number of aliphatic hydroxyl groups excluding tert-OH is 1. The maximum absolute atomic E-state index is 10.1. The van der Waals surface area contributed by atoms with Crippen molar-refractivity contribution in [2.45, 2.75) is 12.6 Å². The Morgan fingerprint density at radius 3 is 2.89 bits per heavy atom. The Balaban J connectivity index is 1.72. The highest BCUT2D eigenvalue weighted by atomic mass is 35.5. The van der Waals surface area contributed by atoms with Crippen molar-refractivity contribution in [1.82, 2.24) is 19.4 Å². The Hall–Kier alpha value is -0.310. The summed E-state index contributed by atoms with van der Waals surface area (Å²) >= 11 is 7.15. The zero-order chi connectivity index (χ0) is 13.7. The zero-order valence-corrected chi connectivity index (χ0v) is 12.5. The molecule has 0 amide bonds. The van der Waals surface area contributed by atoms with E-state index in [1.54, 1.807) is 0 Å². The molecule has 1 aliphatic heterocycles. The molecule has 6 nitrogen and oxygen atoms in total. The van der Waals surface area contributed by atoms with E-state index in [0.717, 1.165) is 32.0 Å². The summed E-state index contributed by atoms with van der Waals surface area (Å²) in [6, 6.07) is 0. The van der Waals surface area contributed by atoms with Gasteiger partial charge in [-0.3, -0.25) is 9.80 Å². The third-order valence-electron chi connectivity index (χ3n) is 3.02. The molecule has 0 saturated carbocycles. The standard InChI is InChI=1S/C11H19ClN4O2S/c1-15(8-10-11(12)19-14-13-10)6-9(17)7-16-2-4-18-5-3-16/h9,17H,2-8H2,1H3. The Bertz CT molecular complexity index is 387. The Morgan fingerprint density at radius 1 is 1.53 bits per heavy atom. The predicted molar refractivity (Wildman–Crippen MR) is 74.5 cm³/mol. The first-order valence-electron chi connectivity index (χ1n) is 6.28. The largest absolute Gasteiger partial charge is 0.390 e. The molecular weight excluding hydrogens is 288 g/mol. The third-order valence-corrected chi connectivity index (χ3v) is 4.01. The van der Waals surface area contributed by atoms with Crippen LogP contribution in [0, 0.1) is 0 Å². The van der Waals surface area contributed by atoms with Crippen molar-refractivity contribution in [3.63, 3.8) is 0 Å². The first kappa shape index (κ1) is 15.1. The quantitative estimate of drug-likeness (QED) is 0.816. The predicted octanol–water partition coefficient (Wildman–Crippen LogP) is 0.316. The lowest BCUT2D eigenvalue weighted by atomic mass is 10.2. The van der Waals surface area contributed by atoms with Crippen molar-refractivity contribution >= 4 is 23.1 Å². The van der Waals surface area contributed by atoms with E-state index in [4.69, 9.17) is 16.3 Å². The normalized spacial score (nSPS) is 18.9. The molecule has 1 atom stereocenters. The van der Waals surface area contributed by atoms with E-state index < -0.39 is 0 Å². The van der Waals surface area contributed by atoms with Gasteiger partial charge in [-0.05, 0) is 7.05 Å². The van der Waals surface area contributed by atoms with Crippen molar-refractivity contribution in [2.24, 2.45) is 0 Å². The van der Waals surface area contributed by atoms with Crippen LogP contribution in [-0.4, -0.2) is 77.0 Å².